The molecule has 1 N–H and O–H groups in total. The monoisotopic (exact) mass is 495 g/mol. The van der Waals surface area contributed by atoms with Crippen molar-refractivity contribution in [2.45, 2.75) is 51.0 Å². The van der Waals surface area contributed by atoms with Gasteiger partial charge in [0.1, 0.15) is 24.0 Å². The molecule has 0 saturated carbocycles. The lowest BCUT2D eigenvalue weighted by Crippen LogP contribution is -2.51. The maximum Gasteiger partial charge on any atom is 0.318 e. The Morgan fingerprint density at radius 2 is 2.14 bits per heavy atom. The lowest BCUT2D eigenvalue weighted by Gasteiger charge is -2.34. The number of nitrogens with one attached hydrogen (secondary N) is 1. The van der Waals surface area contributed by atoms with E-state index in [4.69, 9.17) is 19.4 Å². The number of ether oxygens (including phenoxy) is 2. The van der Waals surface area contributed by atoms with Crippen molar-refractivity contribution in [3.05, 3.63) is 40.8 Å². The molecule has 3 aliphatic heterocycles. The number of rotatable bonds is 8. The van der Waals surface area contributed by atoms with Crippen LogP contribution in [0, 0.1) is 17.1 Å². The van der Waals surface area contributed by atoms with Gasteiger partial charge in [0.2, 0.25) is 0 Å². The van der Waals surface area contributed by atoms with Crippen molar-refractivity contribution in [1.29, 1.82) is 5.26 Å². The van der Waals surface area contributed by atoms with Crippen molar-refractivity contribution in [3.8, 4) is 17.8 Å². The summed E-state index contributed by atoms with van der Waals surface area (Å²) in [5.41, 5.74) is 2.51. The van der Waals surface area contributed by atoms with Gasteiger partial charge in [0.15, 0.2) is 0 Å². The van der Waals surface area contributed by atoms with E-state index in [1.54, 1.807) is 19.2 Å². The molecule has 1 aromatic carbocycles. The Labute approximate surface area is 211 Å². The number of likely N-dealkylation sites (N-methyl/N-ethyl adjacent to an activating group) is 1. The highest BCUT2D eigenvalue weighted by Gasteiger charge is 2.31. The molecule has 0 bridgehead atoms. The Morgan fingerprint density at radius 1 is 1.25 bits per heavy atom. The van der Waals surface area contributed by atoms with Crippen LogP contribution in [-0.4, -0.2) is 78.8 Å². The van der Waals surface area contributed by atoms with E-state index in [-0.39, 0.29) is 11.9 Å². The molecular formula is C26H34FN7O2. The third-order valence-corrected chi connectivity index (χ3v) is 7.45. The quantitative estimate of drug-likeness (QED) is 0.593. The van der Waals surface area contributed by atoms with Gasteiger partial charge in [-0.1, -0.05) is 6.07 Å². The first kappa shape index (κ1) is 24.7. The molecule has 192 valence electrons. The zero-order valence-corrected chi connectivity index (χ0v) is 21.0. The molecule has 10 heteroatoms. The summed E-state index contributed by atoms with van der Waals surface area (Å²) < 4.78 is 26.2. The molecule has 2 saturated heterocycles. The number of hydrogen-bond acceptors (Lipinski definition) is 9. The molecule has 0 aliphatic carbocycles. The van der Waals surface area contributed by atoms with E-state index in [9.17, 15) is 9.65 Å². The van der Waals surface area contributed by atoms with Crippen molar-refractivity contribution in [3.63, 3.8) is 0 Å². The van der Waals surface area contributed by atoms with Crippen molar-refractivity contribution in [2.24, 2.45) is 0 Å². The van der Waals surface area contributed by atoms with Gasteiger partial charge in [0.25, 0.3) is 0 Å². The molecule has 0 amide bonds. The first-order valence-electron chi connectivity index (χ1n) is 12.7. The van der Waals surface area contributed by atoms with Crippen LogP contribution in [0.25, 0.3) is 0 Å². The molecule has 9 nitrogen and oxygen atoms in total. The van der Waals surface area contributed by atoms with E-state index in [0.29, 0.717) is 62.6 Å². The van der Waals surface area contributed by atoms with Crippen LogP contribution in [0.2, 0.25) is 0 Å². The predicted octanol–water partition coefficient (Wildman–Crippen LogP) is 2.30. The molecule has 4 heterocycles. The Kier molecular flexibility index (Phi) is 7.51. The number of hydrogen-bond donors (Lipinski definition) is 1. The van der Waals surface area contributed by atoms with Crippen molar-refractivity contribution in [2.75, 3.05) is 51.8 Å². The standard InChI is InChI=1S/C26H34FN7O2/c1-32-11-4-5-19(32)17-36-26-30-23-16-33(14-20-22(27)6-3-7-24(20)35-2)15-21(23)25(31-26)34-12-10-29-18(13-34)8-9-28/h3,6-7,18-19,29H,4-5,8,10-17H2,1-2H3. The van der Waals surface area contributed by atoms with Crippen LogP contribution in [0.1, 0.15) is 36.1 Å². The van der Waals surface area contributed by atoms with Gasteiger partial charge in [-0.3, -0.25) is 4.90 Å². The maximum atomic E-state index is 14.6. The molecule has 2 fully saturated rings. The van der Waals surface area contributed by atoms with Crippen LogP contribution in [0.5, 0.6) is 11.8 Å². The number of fused-ring (bicyclic) bond motifs is 1. The average Bonchev–Trinajstić information content (AvgIpc) is 3.49. The maximum absolute atomic E-state index is 14.6. The van der Waals surface area contributed by atoms with Gasteiger partial charge in [-0.25, -0.2) is 4.39 Å². The van der Waals surface area contributed by atoms with Crippen LogP contribution < -0.4 is 19.7 Å². The molecule has 36 heavy (non-hydrogen) atoms. The number of piperazine rings is 1. The van der Waals surface area contributed by atoms with Crippen LogP contribution >= 0.6 is 0 Å². The van der Waals surface area contributed by atoms with Crippen LogP contribution in [-0.2, 0) is 19.6 Å². The second-order valence-electron chi connectivity index (χ2n) is 9.87. The van der Waals surface area contributed by atoms with Gasteiger partial charge in [-0.05, 0) is 38.6 Å². The fourth-order valence-corrected chi connectivity index (χ4v) is 5.45. The number of benzene rings is 1. The van der Waals surface area contributed by atoms with Crippen LogP contribution in [0.15, 0.2) is 18.2 Å². The number of likely N-dealkylation sites (tertiary alicyclic amines) is 1. The minimum Gasteiger partial charge on any atom is -0.496 e. The number of methoxy groups -OCH3 is 1. The van der Waals surface area contributed by atoms with E-state index in [1.807, 2.05) is 0 Å². The summed E-state index contributed by atoms with van der Waals surface area (Å²) in [6, 6.07) is 8.04. The van der Waals surface area contributed by atoms with E-state index in [2.05, 4.69) is 33.1 Å². The number of aromatic nitrogens is 2. The highest BCUT2D eigenvalue weighted by molar-refractivity contribution is 5.52. The van der Waals surface area contributed by atoms with E-state index < -0.39 is 0 Å². The third kappa shape index (κ3) is 5.24. The summed E-state index contributed by atoms with van der Waals surface area (Å²) in [5, 5.41) is 12.6. The summed E-state index contributed by atoms with van der Waals surface area (Å²) in [6.45, 7) is 5.51. The second kappa shape index (κ2) is 10.9. The molecule has 3 aliphatic rings. The Bertz CT molecular complexity index is 1120. The van der Waals surface area contributed by atoms with Gasteiger partial charge in [0, 0.05) is 62.5 Å². The molecule has 2 atom stereocenters. The zero-order chi connectivity index (χ0) is 25.1. The molecule has 0 radical (unpaired) electrons. The van der Waals surface area contributed by atoms with E-state index >= 15 is 0 Å². The zero-order valence-electron chi connectivity index (χ0n) is 21.0. The van der Waals surface area contributed by atoms with Crippen LogP contribution in [0.3, 0.4) is 0 Å². The van der Waals surface area contributed by atoms with Gasteiger partial charge in [0.05, 0.1) is 25.3 Å². The predicted molar refractivity (Wildman–Crippen MR) is 133 cm³/mol. The number of nitrogens with zero attached hydrogens (tertiary/aromatic N) is 6. The first-order chi connectivity index (χ1) is 17.6. The van der Waals surface area contributed by atoms with Crippen molar-refractivity contribution < 1.29 is 13.9 Å². The summed E-state index contributed by atoms with van der Waals surface area (Å²) in [6.07, 6.45) is 2.73. The number of halogens is 1. The lowest BCUT2D eigenvalue weighted by atomic mass is 10.1. The molecule has 2 unspecified atom stereocenters. The van der Waals surface area contributed by atoms with Crippen LogP contribution in [0.4, 0.5) is 10.2 Å². The SMILES string of the molecule is COc1cccc(F)c1CN1Cc2nc(OCC3CCCN3C)nc(N3CCNC(CC#N)C3)c2C1. The molecular weight excluding hydrogens is 461 g/mol. The number of anilines is 1. The van der Waals surface area contributed by atoms with Gasteiger partial charge >= 0.3 is 6.01 Å². The highest BCUT2D eigenvalue weighted by atomic mass is 19.1. The van der Waals surface area contributed by atoms with E-state index in [1.165, 1.54) is 12.5 Å². The summed E-state index contributed by atoms with van der Waals surface area (Å²) in [4.78, 5) is 16.4. The lowest BCUT2D eigenvalue weighted by molar-refractivity contribution is 0.187. The smallest absolute Gasteiger partial charge is 0.318 e. The summed E-state index contributed by atoms with van der Waals surface area (Å²) >= 11 is 0. The fourth-order valence-electron chi connectivity index (χ4n) is 5.45. The third-order valence-electron chi connectivity index (χ3n) is 7.45. The largest absolute Gasteiger partial charge is 0.496 e. The van der Waals surface area contributed by atoms with Crippen molar-refractivity contribution in [1.82, 2.24) is 25.1 Å². The Morgan fingerprint density at radius 3 is 2.92 bits per heavy atom. The van der Waals surface area contributed by atoms with Gasteiger partial charge < -0.3 is 24.6 Å². The topological polar surface area (TPSA) is 89.8 Å². The first-order valence-corrected chi connectivity index (χ1v) is 12.7. The normalized spacial score (nSPS) is 22.4. The summed E-state index contributed by atoms with van der Waals surface area (Å²) in [5.74, 6) is 1.13. The highest BCUT2D eigenvalue weighted by Crippen LogP contribution is 2.34. The second-order valence-corrected chi connectivity index (χ2v) is 9.87. The minimum atomic E-state index is -0.275. The van der Waals surface area contributed by atoms with E-state index in [0.717, 1.165) is 43.1 Å². The number of nitriles is 1. The van der Waals surface area contributed by atoms with Crippen molar-refractivity contribution >= 4 is 5.82 Å². The Hall–Kier alpha value is -3.00. The van der Waals surface area contributed by atoms with Gasteiger partial charge in [-0.2, -0.15) is 15.2 Å². The summed E-state index contributed by atoms with van der Waals surface area (Å²) in [7, 11) is 3.69. The molecule has 2 aromatic rings. The molecule has 0 spiro atoms. The fraction of sp³-hybridized carbons (Fsp3) is 0.577. The average molecular weight is 496 g/mol. The Balaban J connectivity index is 1.40. The molecule has 1 aromatic heterocycles. The van der Waals surface area contributed by atoms with Gasteiger partial charge in [-0.15, -0.1) is 0 Å². The molecule has 5 rings (SSSR count). The minimum absolute atomic E-state index is 0.0889.